The maximum absolute atomic E-state index is 13.8. The normalized spacial score (nSPS) is 12.4. The van der Waals surface area contributed by atoms with E-state index < -0.39 is 0 Å². The predicted molar refractivity (Wildman–Crippen MR) is 85.8 cm³/mol. The number of halogens is 3. The molecule has 106 valence electrons. The van der Waals surface area contributed by atoms with Crippen molar-refractivity contribution in [3.8, 4) is 0 Å². The second kappa shape index (κ2) is 6.70. The van der Waals surface area contributed by atoms with Crippen LogP contribution in [0.15, 0.2) is 40.9 Å². The number of aryl methyl sites for hydroxylation is 1. The molecule has 0 radical (unpaired) electrons. The Hall–Kier alpha value is -0.900. The van der Waals surface area contributed by atoms with Crippen LogP contribution in [0, 0.1) is 12.7 Å². The molecule has 0 aliphatic rings. The van der Waals surface area contributed by atoms with Gasteiger partial charge in [-0.25, -0.2) is 4.39 Å². The highest BCUT2D eigenvalue weighted by Gasteiger charge is 2.17. The zero-order valence-corrected chi connectivity index (χ0v) is 13.7. The molecule has 0 saturated carbocycles. The van der Waals surface area contributed by atoms with Crippen LogP contribution in [0.5, 0.6) is 0 Å². The van der Waals surface area contributed by atoms with Crippen molar-refractivity contribution >= 4 is 27.5 Å². The van der Waals surface area contributed by atoms with E-state index in [-0.39, 0.29) is 11.9 Å². The van der Waals surface area contributed by atoms with Crippen LogP contribution < -0.4 is 5.32 Å². The molecule has 1 N–H and O–H groups in total. The van der Waals surface area contributed by atoms with Crippen molar-refractivity contribution in [1.82, 2.24) is 5.32 Å². The second-order valence-corrected chi connectivity index (χ2v) is 5.96. The van der Waals surface area contributed by atoms with Crippen molar-refractivity contribution in [1.29, 1.82) is 0 Å². The lowest BCUT2D eigenvalue weighted by atomic mass is 9.97. The highest BCUT2D eigenvalue weighted by atomic mass is 79.9. The van der Waals surface area contributed by atoms with Crippen molar-refractivity contribution in [3.05, 3.63) is 68.4 Å². The standard InChI is InChI=1S/C16H16BrClFN/c1-3-20-16(11-5-4-10(2)15(19)8-11)13-9-12(18)6-7-14(13)17/h4-9,16,20H,3H2,1-2H3. The van der Waals surface area contributed by atoms with Gasteiger partial charge < -0.3 is 5.32 Å². The number of rotatable bonds is 4. The molecule has 20 heavy (non-hydrogen) atoms. The SMILES string of the molecule is CCNC(c1ccc(C)c(F)c1)c1cc(Cl)ccc1Br. The highest BCUT2D eigenvalue weighted by Crippen LogP contribution is 2.31. The molecule has 0 aromatic heterocycles. The average Bonchev–Trinajstić information content (AvgIpc) is 2.42. The van der Waals surface area contributed by atoms with Crippen LogP contribution in [0.4, 0.5) is 4.39 Å². The van der Waals surface area contributed by atoms with E-state index in [1.807, 2.05) is 31.2 Å². The first-order valence-electron chi connectivity index (χ1n) is 6.47. The van der Waals surface area contributed by atoms with Crippen LogP contribution in [-0.2, 0) is 0 Å². The summed E-state index contributed by atoms with van der Waals surface area (Å²) in [6.07, 6.45) is 0. The van der Waals surface area contributed by atoms with E-state index in [9.17, 15) is 4.39 Å². The van der Waals surface area contributed by atoms with Gasteiger partial charge in [-0.1, -0.05) is 46.6 Å². The Labute approximate surface area is 132 Å². The lowest BCUT2D eigenvalue weighted by molar-refractivity contribution is 0.596. The van der Waals surface area contributed by atoms with Crippen molar-refractivity contribution in [3.63, 3.8) is 0 Å². The summed E-state index contributed by atoms with van der Waals surface area (Å²) in [6, 6.07) is 10.9. The zero-order chi connectivity index (χ0) is 14.7. The molecule has 2 aromatic carbocycles. The lowest BCUT2D eigenvalue weighted by Crippen LogP contribution is -2.22. The van der Waals surface area contributed by atoms with E-state index >= 15 is 0 Å². The molecule has 0 spiro atoms. The van der Waals surface area contributed by atoms with Gasteiger partial charge >= 0.3 is 0 Å². The van der Waals surface area contributed by atoms with Gasteiger partial charge in [0.2, 0.25) is 0 Å². The summed E-state index contributed by atoms with van der Waals surface area (Å²) in [5.41, 5.74) is 2.54. The van der Waals surface area contributed by atoms with Gasteiger partial charge in [0.1, 0.15) is 5.82 Å². The van der Waals surface area contributed by atoms with Gasteiger partial charge in [-0.2, -0.15) is 0 Å². The second-order valence-electron chi connectivity index (χ2n) is 4.67. The van der Waals surface area contributed by atoms with Gasteiger partial charge in [-0.05, 0) is 54.4 Å². The number of hydrogen-bond acceptors (Lipinski definition) is 1. The van der Waals surface area contributed by atoms with Crippen LogP contribution in [0.2, 0.25) is 5.02 Å². The van der Waals surface area contributed by atoms with Crippen molar-refractivity contribution < 1.29 is 4.39 Å². The third-order valence-corrected chi connectivity index (χ3v) is 4.16. The molecular weight excluding hydrogens is 341 g/mol. The average molecular weight is 357 g/mol. The maximum Gasteiger partial charge on any atom is 0.126 e. The van der Waals surface area contributed by atoms with Crippen LogP contribution in [0.1, 0.15) is 29.7 Å². The summed E-state index contributed by atoms with van der Waals surface area (Å²) in [5.74, 6) is -0.191. The Kier molecular flexibility index (Phi) is 5.19. The first-order chi connectivity index (χ1) is 9.52. The summed E-state index contributed by atoms with van der Waals surface area (Å²) < 4.78 is 14.8. The quantitative estimate of drug-likeness (QED) is 0.789. The molecule has 2 aromatic rings. The number of hydrogen-bond donors (Lipinski definition) is 1. The first-order valence-corrected chi connectivity index (χ1v) is 7.64. The summed E-state index contributed by atoms with van der Waals surface area (Å²) in [5, 5.41) is 4.04. The Morgan fingerprint density at radius 1 is 1.25 bits per heavy atom. The molecule has 0 bridgehead atoms. The van der Waals surface area contributed by atoms with Crippen LogP contribution in [-0.4, -0.2) is 6.54 Å². The molecule has 0 aliphatic heterocycles. The third kappa shape index (κ3) is 3.40. The summed E-state index contributed by atoms with van der Waals surface area (Å²) in [7, 11) is 0. The van der Waals surface area contributed by atoms with Gasteiger partial charge in [0.05, 0.1) is 6.04 Å². The van der Waals surface area contributed by atoms with Gasteiger partial charge in [0.25, 0.3) is 0 Å². The predicted octanol–water partition coefficient (Wildman–Crippen LogP) is 5.25. The zero-order valence-electron chi connectivity index (χ0n) is 11.4. The number of nitrogens with one attached hydrogen (secondary N) is 1. The van der Waals surface area contributed by atoms with E-state index in [1.165, 1.54) is 0 Å². The van der Waals surface area contributed by atoms with E-state index in [2.05, 4.69) is 21.2 Å². The van der Waals surface area contributed by atoms with E-state index in [0.29, 0.717) is 10.6 Å². The fraction of sp³-hybridized carbons (Fsp3) is 0.250. The van der Waals surface area contributed by atoms with Gasteiger partial charge in [0.15, 0.2) is 0 Å². The smallest absolute Gasteiger partial charge is 0.126 e. The minimum absolute atomic E-state index is 0.0943. The summed E-state index contributed by atoms with van der Waals surface area (Å²) in [4.78, 5) is 0. The third-order valence-electron chi connectivity index (χ3n) is 3.21. The highest BCUT2D eigenvalue weighted by molar-refractivity contribution is 9.10. The maximum atomic E-state index is 13.8. The monoisotopic (exact) mass is 355 g/mol. The van der Waals surface area contributed by atoms with E-state index in [4.69, 9.17) is 11.6 Å². The van der Waals surface area contributed by atoms with Crippen molar-refractivity contribution in [2.45, 2.75) is 19.9 Å². The molecule has 1 unspecified atom stereocenters. The minimum Gasteiger partial charge on any atom is -0.306 e. The van der Waals surface area contributed by atoms with Crippen LogP contribution >= 0.6 is 27.5 Å². The van der Waals surface area contributed by atoms with E-state index in [1.54, 1.807) is 19.1 Å². The topological polar surface area (TPSA) is 12.0 Å². The Morgan fingerprint density at radius 2 is 2.00 bits per heavy atom. The molecule has 4 heteroatoms. The fourth-order valence-corrected chi connectivity index (χ4v) is 2.79. The minimum atomic E-state index is -0.191. The van der Waals surface area contributed by atoms with Crippen molar-refractivity contribution in [2.75, 3.05) is 6.54 Å². The van der Waals surface area contributed by atoms with Gasteiger partial charge in [0, 0.05) is 9.50 Å². The Balaban J connectivity index is 2.49. The van der Waals surface area contributed by atoms with Gasteiger partial charge in [-0.3, -0.25) is 0 Å². The van der Waals surface area contributed by atoms with E-state index in [0.717, 1.165) is 22.1 Å². The van der Waals surface area contributed by atoms with Crippen LogP contribution in [0.25, 0.3) is 0 Å². The molecular formula is C16H16BrClFN. The lowest BCUT2D eigenvalue weighted by Gasteiger charge is -2.21. The largest absolute Gasteiger partial charge is 0.306 e. The summed E-state index contributed by atoms with van der Waals surface area (Å²) >= 11 is 9.62. The fourth-order valence-electron chi connectivity index (χ4n) is 2.14. The molecule has 1 atom stereocenters. The number of benzene rings is 2. The molecule has 1 nitrogen and oxygen atoms in total. The first kappa shape index (κ1) is 15.5. The Bertz CT molecular complexity index is 615. The molecule has 0 amide bonds. The Morgan fingerprint density at radius 3 is 2.65 bits per heavy atom. The molecule has 2 rings (SSSR count). The van der Waals surface area contributed by atoms with Gasteiger partial charge in [-0.15, -0.1) is 0 Å². The molecule has 0 saturated heterocycles. The van der Waals surface area contributed by atoms with Crippen molar-refractivity contribution in [2.24, 2.45) is 0 Å². The molecule has 0 aliphatic carbocycles. The van der Waals surface area contributed by atoms with Crippen LogP contribution in [0.3, 0.4) is 0 Å². The molecule has 0 fully saturated rings. The molecule has 0 heterocycles. The summed E-state index contributed by atoms with van der Waals surface area (Å²) in [6.45, 7) is 4.56.